The maximum absolute atomic E-state index is 10.8. The van der Waals surface area contributed by atoms with Crippen LogP contribution in [0.2, 0.25) is 0 Å². The number of carboxylic acids is 1. The summed E-state index contributed by atoms with van der Waals surface area (Å²) in [4.78, 5) is 13.3. The molecule has 1 heterocycles. The van der Waals surface area contributed by atoms with E-state index in [0.717, 1.165) is 38.9 Å². The first-order chi connectivity index (χ1) is 9.65. The molecule has 1 aliphatic rings. The third-order valence-corrected chi connectivity index (χ3v) is 3.87. The second-order valence-electron chi connectivity index (χ2n) is 5.63. The van der Waals surface area contributed by atoms with Gasteiger partial charge in [-0.1, -0.05) is 48.9 Å². The molecule has 3 heteroatoms. The smallest absolute Gasteiger partial charge is 0.306 e. The van der Waals surface area contributed by atoms with Gasteiger partial charge < -0.3 is 5.11 Å². The van der Waals surface area contributed by atoms with E-state index in [1.54, 1.807) is 6.92 Å². The fraction of sp³-hybridized carbons (Fsp3) is 0.471. The van der Waals surface area contributed by atoms with Gasteiger partial charge in [0.05, 0.1) is 5.92 Å². The molecule has 2 rings (SSSR count). The molecule has 108 valence electrons. The van der Waals surface area contributed by atoms with Crippen molar-refractivity contribution in [2.45, 2.75) is 32.7 Å². The lowest BCUT2D eigenvalue weighted by atomic mass is 9.98. The molecule has 0 fully saturated rings. The zero-order valence-electron chi connectivity index (χ0n) is 12.1. The van der Waals surface area contributed by atoms with E-state index in [1.165, 1.54) is 11.1 Å². The number of aliphatic carboxylic acids is 1. The number of carboxylic acid groups (broad SMARTS) is 1. The SMILES string of the molecule is CC(CCC1=CCCN(Cc2ccccc2)C1)C(=O)O. The van der Waals surface area contributed by atoms with Crippen molar-refractivity contribution in [1.82, 2.24) is 4.90 Å². The van der Waals surface area contributed by atoms with Gasteiger partial charge in [0.15, 0.2) is 0 Å². The van der Waals surface area contributed by atoms with Crippen molar-refractivity contribution >= 4 is 5.97 Å². The van der Waals surface area contributed by atoms with Crippen molar-refractivity contribution in [3.63, 3.8) is 0 Å². The second-order valence-corrected chi connectivity index (χ2v) is 5.63. The Kier molecular flexibility index (Phi) is 5.36. The Bertz CT molecular complexity index is 467. The highest BCUT2D eigenvalue weighted by atomic mass is 16.4. The first-order valence-corrected chi connectivity index (χ1v) is 7.32. The molecule has 1 N–H and O–H groups in total. The molecule has 20 heavy (non-hydrogen) atoms. The lowest BCUT2D eigenvalue weighted by molar-refractivity contribution is -0.141. The van der Waals surface area contributed by atoms with Crippen molar-refractivity contribution in [3.05, 3.63) is 47.5 Å². The topological polar surface area (TPSA) is 40.5 Å². The molecule has 1 aliphatic heterocycles. The molecular weight excluding hydrogens is 250 g/mol. The van der Waals surface area contributed by atoms with Gasteiger partial charge in [-0.25, -0.2) is 0 Å². The number of hydrogen-bond acceptors (Lipinski definition) is 2. The number of benzene rings is 1. The van der Waals surface area contributed by atoms with E-state index in [4.69, 9.17) is 5.11 Å². The summed E-state index contributed by atoms with van der Waals surface area (Å²) in [7, 11) is 0. The van der Waals surface area contributed by atoms with Gasteiger partial charge in [0.1, 0.15) is 0 Å². The summed E-state index contributed by atoms with van der Waals surface area (Å²) in [6.45, 7) is 4.83. The van der Waals surface area contributed by atoms with Crippen LogP contribution in [0.1, 0.15) is 31.7 Å². The third kappa shape index (κ3) is 4.49. The molecular formula is C17H23NO2. The van der Waals surface area contributed by atoms with Crippen LogP contribution in [0.25, 0.3) is 0 Å². The maximum Gasteiger partial charge on any atom is 0.306 e. The van der Waals surface area contributed by atoms with Gasteiger partial charge in [-0.3, -0.25) is 9.69 Å². The van der Waals surface area contributed by atoms with Crippen molar-refractivity contribution in [1.29, 1.82) is 0 Å². The zero-order valence-corrected chi connectivity index (χ0v) is 12.1. The molecule has 1 aromatic carbocycles. The lowest BCUT2D eigenvalue weighted by Crippen LogP contribution is -2.29. The zero-order chi connectivity index (χ0) is 14.4. The van der Waals surface area contributed by atoms with Gasteiger partial charge in [0.2, 0.25) is 0 Å². The molecule has 1 unspecified atom stereocenters. The molecule has 0 spiro atoms. The fourth-order valence-corrected chi connectivity index (χ4v) is 2.57. The summed E-state index contributed by atoms with van der Waals surface area (Å²) >= 11 is 0. The molecule has 0 amide bonds. The van der Waals surface area contributed by atoms with Crippen LogP contribution in [-0.4, -0.2) is 29.1 Å². The first-order valence-electron chi connectivity index (χ1n) is 7.32. The first kappa shape index (κ1) is 14.8. The van der Waals surface area contributed by atoms with Crippen LogP contribution in [0.5, 0.6) is 0 Å². The van der Waals surface area contributed by atoms with Crippen LogP contribution >= 0.6 is 0 Å². The molecule has 0 saturated carbocycles. The van der Waals surface area contributed by atoms with Gasteiger partial charge in [-0.05, 0) is 24.8 Å². The monoisotopic (exact) mass is 273 g/mol. The predicted molar refractivity (Wildman–Crippen MR) is 80.5 cm³/mol. The van der Waals surface area contributed by atoms with Crippen LogP contribution in [0, 0.1) is 5.92 Å². The van der Waals surface area contributed by atoms with Crippen molar-refractivity contribution in [2.75, 3.05) is 13.1 Å². The fourth-order valence-electron chi connectivity index (χ4n) is 2.57. The summed E-state index contributed by atoms with van der Waals surface area (Å²) < 4.78 is 0. The van der Waals surface area contributed by atoms with Gasteiger partial charge in [-0.15, -0.1) is 0 Å². The highest BCUT2D eigenvalue weighted by Crippen LogP contribution is 2.19. The van der Waals surface area contributed by atoms with E-state index in [0.29, 0.717) is 0 Å². The normalized spacial score (nSPS) is 17.6. The molecule has 1 atom stereocenters. The van der Waals surface area contributed by atoms with E-state index in [-0.39, 0.29) is 5.92 Å². The highest BCUT2D eigenvalue weighted by molar-refractivity contribution is 5.69. The number of nitrogens with zero attached hydrogens (tertiary/aromatic N) is 1. The molecule has 0 radical (unpaired) electrons. The lowest BCUT2D eigenvalue weighted by Gasteiger charge is -2.27. The second kappa shape index (κ2) is 7.25. The number of rotatable bonds is 6. The van der Waals surface area contributed by atoms with Gasteiger partial charge >= 0.3 is 5.97 Å². The minimum absolute atomic E-state index is 0.250. The highest BCUT2D eigenvalue weighted by Gasteiger charge is 2.16. The van der Waals surface area contributed by atoms with E-state index >= 15 is 0 Å². The van der Waals surface area contributed by atoms with E-state index < -0.39 is 5.97 Å². The van der Waals surface area contributed by atoms with E-state index in [2.05, 4.69) is 35.2 Å². The van der Waals surface area contributed by atoms with E-state index in [1.807, 2.05) is 6.07 Å². The Morgan fingerprint density at radius 1 is 1.35 bits per heavy atom. The minimum Gasteiger partial charge on any atom is -0.481 e. The Balaban J connectivity index is 1.82. The van der Waals surface area contributed by atoms with Crippen molar-refractivity contribution in [3.8, 4) is 0 Å². The van der Waals surface area contributed by atoms with Crippen LogP contribution in [-0.2, 0) is 11.3 Å². The Hall–Kier alpha value is -1.61. The summed E-state index contributed by atoms with van der Waals surface area (Å²) in [5, 5.41) is 8.93. The molecule has 3 nitrogen and oxygen atoms in total. The number of carbonyl (C=O) groups is 1. The van der Waals surface area contributed by atoms with Crippen LogP contribution in [0.4, 0.5) is 0 Å². The van der Waals surface area contributed by atoms with Gasteiger partial charge in [-0.2, -0.15) is 0 Å². The summed E-state index contributed by atoms with van der Waals surface area (Å²) in [6.07, 6.45) is 5.00. The molecule has 0 bridgehead atoms. The molecule has 0 aliphatic carbocycles. The predicted octanol–water partition coefficient (Wildman–Crippen LogP) is 3.32. The van der Waals surface area contributed by atoms with E-state index in [9.17, 15) is 4.79 Å². The van der Waals surface area contributed by atoms with Crippen molar-refractivity contribution < 1.29 is 9.90 Å². The van der Waals surface area contributed by atoms with Crippen LogP contribution in [0.15, 0.2) is 42.0 Å². The summed E-state index contributed by atoms with van der Waals surface area (Å²) in [6, 6.07) is 10.5. The average molecular weight is 273 g/mol. The average Bonchev–Trinajstić information content (AvgIpc) is 2.46. The Morgan fingerprint density at radius 2 is 2.10 bits per heavy atom. The molecule has 0 saturated heterocycles. The Morgan fingerprint density at radius 3 is 2.80 bits per heavy atom. The summed E-state index contributed by atoms with van der Waals surface area (Å²) in [5.74, 6) is -0.942. The summed E-state index contributed by atoms with van der Waals surface area (Å²) in [5.41, 5.74) is 2.73. The van der Waals surface area contributed by atoms with Crippen LogP contribution in [0.3, 0.4) is 0 Å². The molecule has 1 aromatic rings. The third-order valence-electron chi connectivity index (χ3n) is 3.87. The number of hydrogen-bond donors (Lipinski definition) is 1. The van der Waals surface area contributed by atoms with Crippen molar-refractivity contribution in [2.24, 2.45) is 5.92 Å². The van der Waals surface area contributed by atoms with Crippen LogP contribution < -0.4 is 0 Å². The largest absolute Gasteiger partial charge is 0.481 e. The van der Waals surface area contributed by atoms with Gasteiger partial charge in [0, 0.05) is 19.6 Å². The van der Waals surface area contributed by atoms with Gasteiger partial charge in [0.25, 0.3) is 0 Å². The molecule has 0 aromatic heterocycles. The maximum atomic E-state index is 10.8. The standard InChI is InChI=1S/C17H23NO2/c1-14(17(19)20)9-10-16-8-5-11-18(13-16)12-15-6-3-2-4-7-15/h2-4,6-8,14H,5,9-13H2,1H3,(H,19,20). The minimum atomic E-state index is -0.692. The quantitative estimate of drug-likeness (QED) is 0.808. The Labute approximate surface area is 120 Å².